The lowest BCUT2D eigenvalue weighted by molar-refractivity contribution is 0.304. The standard InChI is InChI=1S/C17H29NO4S/c1-3-4-5-6-7-8-9-10-15-21-16-11-13-17(14-12-16)22-23(19,20)18-2/h11-14,18H,3-10,15H2,1-2H3. The number of ether oxygens (including phenoxy) is 1. The first-order valence-electron chi connectivity index (χ1n) is 8.43. The van der Waals surface area contributed by atoms with E-state index in [4.69, 9.17) is 8.92 Å². The molecular weight excluding hydrogens is 314 g/mol. The van der Waals surface area contributed by atoms with Gasteiger partial charge in [-0.2, -0.15) is 13.1 Å². The molecule has 0 aliphatic heterocycles. The third kappa shape index (κ3) is 9.46. The molecule has 0 radical (unpaired) electrons. The summed E-state index contributed by atoms with van der Waals surface area (Å²) in [5.41, 5.74) is 0. The number of nitrogens with one attached hydrogen (secondary N) is 1. The summed E-state index contributed by atoms with van der Waals surface area (Å²) in [5.74, 6) is 0.987. The lowest BCUT2D eigenvalue weighted by Crippen LogP contribution is -2.24. The van der Waals surface area contributed by atoms with Crippen LogP contribution in [0.2, 0.25) is 0 Å². The monoisotopic (exact) mass is 343 g/mol. The van der Waals surface area contributed by atoms with Gasteiger partial charge in [-0.15, -0.1) is 0 Å². The highest BCUT2D eigenvalue weighted by Crippen LogP contribution is 2.19. The van der Waals surface area contributed by atoms with Crippen molar-refractivity contribution in [2.24, 2.45) is 0 Å². The van der Waals surface area contributed by atoms with Crippen LogP contribution in [0.3, 0.4) is 0 Å². The van der Waals surface area contributed by atoms with Crippen molar-refractivity contribution >= 4 is 10.3 Å². The predicted molar refractivity (Wildman–Crippen MR) is 93.2 cm³/mol. The fourth-order valence-electron chi connectivity index (χ4n) is 2.19. The molecular formula is C17H29NO4S. The second-order valence-corrected chi connectivity index (χ2v) is 7.02. The molecule has 0 spiro atoms. The average Bonchev–Trinajstić information content (AvgIpc) is 2.54. The molecule has 0 aliphatic rings. The fourth-order valence-corrected chi connectivity index (χ4v) is 2.63. The van der Waals surface area contributed by atoms with Gasteiger partial charge < -0.3 is 8.92 Å². The first kappa shape index (κ1) is 19.8. The van der Waals surface area contributed by atoms with Crippen LogP contribution in [0.5, 0.6) is 11.5 Å². The second-order valence-electron chi connectivity index (χ2n) is 5.54. The summed E-state index contributed by atoms with van der Waals surface area (Å²) in [5, 5.41) is 0. The first-order valence-corrected chi connectivity index (χ1v) is 9.84. The van der Waals surface area contributed by atoms with Gasteiger partial charge in [0.1, 0.15) is 11.5 Å². The van der Waals surface area contributed by atoms with Crippen molar-refractivity contribution in [3.63, 3.8) is 0 Å². The Bertz CT molecular complexity index is 514. The molecule has 0 aliphatic carbocycles. The van der Waals surface area contributed by atoms with Gasteiger partial charge in [0.05, 0.1) is 6.61 Å². The minimum absolute atomic E-state index is 0.263. The van der Waals surface area contributed by atoms with Crippen LogP contribution in [0.15, 0.2) is 24.3 Å². The van der Waals surface area contributed by atoms with Crippen LogP contribution in [-0.4, -0.2) is 22.1 Å². The van der Waals surface area contributed by atoms with Crippen LogP contribution in [0.4, 0.5) is 0 Å². The molecule has 1 aromatic rings. The SMILES string of the molecule is CCCCCCCCCCOc1ccc(OS(=O)(=O)NC)cc1. The van der Waals surface area contributed by atoms with Crippen LogP contribution in [0.25, 0.3) is 0 Å². The number of rotatable bonds is 13. The number of unbranched alkanes of at least 4 members (excludes halogenated alkanes) is 7. The first-order chi connectivity index (χ1) is 11.1. The molecule has 0 aromatic heterocycles. The third-order valence-electron chi connectivity index (χ3n) is 3.55. The summed E-state index contributed by atoms with van der Waals surface area (Å²) < 4.78 is 35.0. The normalized spacial score (nSPS) is 11.4. The zero-order chi connectivity index (χ0) is 17.0. The van der Waals surface area contributed by atoms with Gasteiger partial charge in [-0.1, -0.05) is 51.9 Å². The van der Waals surface area contributed by atoms with Gasteiger partial charge >= 0.3 is 10.3 Å². The van der Waals surface area contributed by atoms with Gasteiger partial charge in [0, 0.05) is 7.05 Å². The van der Waals surface area contributed by atoms with E-state index in [1.807, 2.05) is 0 Å². The highest BCUT2D eigenvalue weighted by atomic mass is 32.2. The Hall–Kier alpha value is -1.27. The fraction of sp³-hybridized carbons (Fsp3) is 0.647. The summed E-state index contributed by atoms with van der Waals surface area (Å²) >= 11 is 0. The van der Waals surface area contributed by atoms with E-state index >= 15 is 0 Å². The summed E-state index contributed by atoms with van der Waals surface area (Å²) in [7, 11) is -2.41. The van der Waals surface area contributed by atoms with Gasteiger partial charge in [-0.3, -0.25) is 0 Å². The lowest BCUT2D eigenvalue weighted by atomic mass is 10.1. The minimum Gasteiger partial charge on any atom is -0.494 e. The molecule has 0 unspecified atom stereocenters. The molecule has 1 N–H and O–H groups in total. The van der Waals surface area contributed by atoms with Gasteiger partial charge in [0.25, 0.3) is 0 Å². The van der Waals surface area contributed by atoms with E-state index in [0.717, 1.165) is 12.2 Å². The van der Waals surface area contributed by atoms with Crippen LogP contribution < -0.4 is 13.6 Å². The van der Waals surface area contributed by atoms with E-state index in [0.29, 0.717) is 6.61 Å². The molecule has 6 heteroatoms. The van der Waals surface area contributed by atoms with E-state index in [1.165, 1.54) is 52.0 Å². The van der Waals surface area contributed by atoms with Crippen LogP contribution in [0, 0.1) is 0 Å². The van der Waals surface area contributed by atoms with Crippen molar-refractivity contribution in [2.75, 3.05) is 13.7 Å². The van der Waals surface area contributed by atoms with Crippen LogP contribution in [-0.2, 0) is 10.3 Å². The van der Waals surface area contributed by atoms with Crippen LogP contribution in [0.1, 0.15) is 58.3 Å². The molecule has 0 saturated heterocycles. The van der Waals surface area contributed by atoms with Gasteiger partial charge in [0.15, 0.2) is 0 Å². The van der Waals surface area contributed by atoms with Gasteiger partial charge in [-0.25, -0.2) is 0 Å². The van der Waals surface area contributed by atoms with Crippen molar-refractivity contribution in [3.8, 4) is 11.5 Å². The average molecular weight is 343 g/mol. The topological polar surface area (TPSA) is 64.6 Å². The van der Waals surface area contributed by atoms with E-state index in [2.05, 4.69) is 11.6 Å². The molecule has 0 atom stereocenters. The highest BCUT2D eigenvalue weighted by molar-refractivity contribution is 7.85. The molecule has 0 heterocycles. The van der Waals surface area contributed by atoms with Gasteiger partial charge in [0.2, 0.25) is 0 Å². The predicted octanol–water partition coefficient (Wildman–Crippen LogP) is 4.05. The second kappa shape index (κ2) is 11.3. The molecule has 1 aromatic carbocycles. The highest BCUT2D eigenvalue weighted by Gasteiger charge is 2.08. The van der Waals surface area contributed by atoms with Gasteiger partial charge in [-0.05, 0) is 30.7 Å². The Morgan fingerprint density at radius 3 is 1.96 bits per heavy atom. The van der Waals surface area contributed by atoms with Crippen molar-refractivity contribution in [1.82, 2.24) is 4.72 Å². The van der Waals surface area contributed by atoms with Crippen molar-refractivity contribution in [1.29, 1.82) is 0 Å². The quantitative estimate of drug-likeness (QED) is 0.549. The Balaban J connectivity index is 2.14. The minimum atomic E-state index is -3.71. The maximum absolute atomic E-state index is 11.2. The number of benzene rings is 1. The molecule has 0 amide bonds. The van der Waals surface area contributed by atoms with E-state index < -0.39 is 10.3 Å². The number of hydrogen-bond acceptors (Lipinski definition) is 4. The van der Waals surface area contributed by atoms with E-state index in [9.17, 15) is 8.42 Å². The van der Waals surface area contributed by atoms with Crippen molar-refractivity contribution in [2.45, 2.75) is 58.3 Å². The summed E-state index contributed by atoms with van der Waals surface area (Å²) in [6, 6.07) is 6.59. The molecule has 0 saturated carbocycles. The Labute approximate surface area is 140 Å². The van der Waals surface area contributed by atoms with Crippen LogP contribution >= 0.6 is 0 Å². The molecule has 0 bridgehead atoms. The largest absolute Gasteiger partial charge is 0.494 e. The molecule has 5 nitrogen and oxygen atoms in total. The maximum atomic E-state index is 11.2. The zero-order valence-corrected chi connectivity index (χ0v) is 15.0. The Kier molecular flexibility index (Phi) is 9.71. The summed E-state index contributed by atoms with van der Waals surface area (Å²) in [6.07, 6.45) is 10.1. The lowest BCUT2D eigenvalue weighted by Gasteiger charge is -2.08. The van der Waals surface area contributed by atoms with E-state index in [1.54, 1.807) is 24.3 Å². The molecule has 0 fully saturated rings. The van der Waals surface area contributed by atoms with E-state index in [-0.39, 0.29) is 5.75 Å². The Morgan fingerprint density at radius 1 is 0.870 bits per heavy atom. The third-order valence-corrected chi connectivity index (χ3v) is 4.46. The van der Waals surface area contributed by atoms with Crippen molar-refractivity contribution < 1.29 is 17.3 Å². The zero-order valence-electron chi connectivity index (χ0n) is 14.2. The molecule has 132 valence electrons. The molecule has 1 rings (SSSR count). The molecule has 23 heavy (non-hydrogen) atoms. The summed E-state index contributed by atoms with van der Waals surface area (Å²) in [4.78, 5) is 0. The number of hydrogen-bond donors (Lipinski definition) is 1. The maximum Gasteiger partial charge on any atom is 0.382 e. The Morgan fingerprint density at radius 2 is 1.39 bits per heavy atom. The summed E-state index contributed by atoms with van der Waals surface area (Å²) in [6.45, 7) is 2.92. The van der Waals surface area contributed by atoms with Crippen molar-refractivity contribution in [3.05, 3.63) is 24.3 Å². The smallest absolute Gasteiger partial charge is 0.382 e.